The summed E-state index contributed by atoms with van der Waals surface area (Å²) in [5.74, 6) is 0.269. The van der Waals surface area contributed by atoms with Gasteiger partial charge in [0.05, 0.1) is 0 Å². The number of primary amides is 1. The molecule has 0 fully saturated rings. The van der Waals surface area contributed by atoms with Crippen LogP contribution in [0.15, 0.2) is 35.7 Å². The van der Waals surface area contributed by atoms with E-state index in [0.717, 1.165) is 5.06 Å². The topological polar surface area (TPSA) is 52.3 Å². The van der Waals surface area contributed by atoms with Gasteiger partial charge in [0.25, 0.3) is 0 Å². The summed E-state index contributed by atoms with van der Waals surface area (Å²) in [7, 11) is 0. The Hall–Kier alpha value is -1.81. The van der Waals surface area contributed by atoms with E-state index in [4.69, 9.17) is 10.5 Å². The first-order chi connectivity index (χ1) is 7.65. The molecule has 0 atom stereocenters. The third-order valence-corrected chi connectivity index (χ3v) is 2.99. The lowest BCUT2D eigenvalue weighted by molar-refractivity contribution is 0.100. The first-order valence-electron chi connectivity index (χ1n) is 4.78. The van der Waals surface area contributed by atoms with Gasteiger partial charge >= 0.3 is 0 Å². The minimum Gasteiger partial charge on any atom is -0.447 e. The third kappa shape index (κ3) is 2.41. The van der Waals surface area contributed by atoms with Gasteiger partial charge in [0, 0.05) is 5.56 Å². The lowest BCUT2D eigenvalue weighted by Crippen LogP contribution is -2.10. The molecule has 1 aromatic heterocycles. The summed E-state index contributed by atoms with van der Waals surface area (Å²) in [6, 6.07) is 8.73. The predicted octanol–water partition coefficient (Wildman–Crippen LogP) is 2.95. The molecule has 0 aliphatic carbocycles. The number of carbonyl (C=O) groups is 1. The first kappa shape index (κ1) is 10.7. The largest absolute Gasteiger partial charge is 0.447 e. The number of aryl methyl sites for hydroxylation is 1. The molecule has 1 aromatic carbocycles. The molecular formula is C12H11NO2S. The lowest BCUT2D eigenvalue weighted by atomic mass is 10.2. The van der Waals surface area contributed by atoms with Crippen molar-refractivity contribution in [1.82, 2.24) is 0 Å². The van der Waals surface area contributed by atoms with Crippen LogP contribution < -0.4 is 10.5 Å². The van der Waals surface area contributed by atoms with Crippen LogP contribution in [-0.4, -0.2) is 5.91 Å². The highest BCUT2D eigenvalue weighted by atomic mass is 32.1. The summed E-state index contributed by atoms with van der Waals surface area (Å²) >= 11 is 1.54. The van der Waals surface area contributed by atoms with Crippen LogP contribution in [-0.2, 0) is 0 Å². The van der Waals surface area contributed by atoms with E-state index < -0.39 is 5.91 Å². The molecule has 3 nitrogen and oxygen atoms in total. The zero-order chi connectivity index (χ0) is 11.5. The highest BCUT2D eigenvalue weighted by Crippen LogP contribution is 2.28. The Kier molecular flexibility index (Phi) is 2.92. The number of hydrogen-bond acceptors (Lipinski definition) is 3. The number of rotatable bonds is 3. The quantitative estimate of drug-likeness (QED) is 0.886. The van der Waals surface area contributed by atoms with Gasteiger partial charge in [-0.1, -0.05) is 0 Å². The zero-order valence-corrected chi connectivity index (χ0v) is 9.58. The molecule has 16 heavy (non-hydrogen) atoms. The summed E-state index contributed by atoms with van der Waals surface area (Å²) in [5.41, 5.74) is 6.80. The van der Waals surface area contributed by atoms with E-state index in [-0.39, 0.29) is 0 Å². The van der Waals surface area contributed by atoms with Gasteiger partial charge in [-0.25, -0.2) is 0 Å². The predicted molar refractivity (Wildman–Crippen MR) is 64.1 cm³/mol. The lowest BCUT2D eigenvalue weighted by Gasteiger charge is -2.02. The Labute approximate surface area is 97.5 Å². The van der Waals surface area contributed by atoms with Crippen molar-refractivity contribution in [1.29, 1.82) is 0 Å². The molecule has 0 saturated carbocycles. The van der Waals surface area contributed by atoms with Crippen LogP contribution in [0, 0.1) is 6.92 Å². The molecule has 0 bridgehead atoms. The van der Waals surface area contributed by atoms with Crippen LogP contribution in [0.3, 0.4) is 0 Å². The van der Waals surface area contributed by atoms with E-state index in [0.29, 0.717) is 11.3 Å². The van der Waals surface area contributed by atoms with Gasteiger partial charge in [0.15, 0.2) is 5.06 Å². The van der Waals surface area contributed by atoms with Gasteiger partial charge in [-0.2, -0.15) is 0 Å². The minimum atomic E-state index is -0.432. The van der Waals surface area contributed by atoms with Crippen molar-refractivity contribution in [3.8, 4) is 10.8 Å². The number of nitrogens with two attached hydrogens (primary N) is 1. The van der Waals surface area contributed by atoms with Crippen molar-refractivity contribution < 1.29 is 9.53 Å². The number of carbonyl (C=O) groups excluding carboxylic acids is 1. The average molecular weight is 233 g/mol. The number of amides is 1. The standard InChI is InChI=1S/C12H11NO2S/c1-8-6-11(16-7-8)15-10-4-2-9(3-5-10)12(13)14/h2-7H,1H3,(H2,13,14). The van der Waals surface area contributed by atoms with Crippen LogP contribution in [0.25, 0.3) is 0 Å². The fraction of sp³-hybridized carbons (Fsp3) is 0.0833. The third-order valence-electron chi connectivity index (χ3n) is 2.06. The fourth-order valence-corrected chi connectivity index (χ4v) is 2.03. The molecule has 0 spiro atoms. The van der Waals surface area contributed by atoms with Crippen LogP contribution in [0.1, 0.15) is 15.9 Å². The molecule has 1 heterocycles. The SMILES string of the molecule is Cc1csc(Oc2ccc(C(N)=O)cc2)c1. The molecule has 2 rings (SSSR count). The Morgan fingerprint density at radius 3 is 2.50 bits per heavy atom. The minimum absolute atomic E-state index is 0.432. The van der Waals surface area contributed by atoms with Crippen LogP contribution in [0.5, 0.6) is 10.8 Å². The van der Waals surface area contributed by atoms with Crippen LogP contribution in [0.4, 0.5) is 0 Å². The van der Waals surface area contributed by atoms with Gasteiger partial charge in [-0.05, 0) is 48.2 Å². The molecule has 2 N–H and O–H groups in total. The van der Waals surface area contributed by atoms with E-state index in [9.17, 15) is 4.79 Å². The molecule has 0 unspecified atom stereocenters. The van der Waals surface area contributed by atoms with Crippen molar-refractivity contribution in [2.24, 2.45) is 5.73 Å². The van der Waals surface area contributed by atoms with Crippen LogP contribution in [0.2, 0.25) is 0 Å². The van der Waals surface area contributed by atoms with E-state index in [1.807, 2.05) is 18.4 Å². The fourth-order valence-electron chi connectivity index (χ4n) is 1.26. The average Bonchev–Trinajstić information content (AvgIpc) is 2.65. The van der Waals surface area contributed by atoms with Gasteiger partial charge in [0.1, 0.15) is 5.75 Å². The summed E-state index contributed by atoms with van der Waals surface area (Å²) < 4.78 is 5.60. The molecule has 82 valence electrons. The van der Waals surface area contributed by atoms with E-state index in [1.165, 1.54) is 5.56 Å². The second-order valence-corrected chi connectivity index (χ2v) is 4.31. The molecule has 4 heteroatoms. The Balaban J connectivity index is 2.14. The zero-order valence-electron chi connectivity index (χ0n) is 8.77. The van der Waals surface area contributed by atoms with Crippen LogP contribution >= 0.6 is 11.3 Å². The normalized spacial score (nSPS) is 10.1. The number of hydrogen-bond donors (Lipinski definition) is 1. The summed E-state index contributed by atoms with van der Waals surface area (Å²) in [4.78, 5) is 10.9. The monoisotopic (exact) mass is 233 g/mol. The van der Waals surface area contributed by atoms with Crippen molar-refractivity contribution in [2.75, 3.05) is 0 Å². The van der Waals surface area contributed by atoms with Gasteiger partial charge < -0.3 is 10.5 Å². The maximum atomic E-state index is 10.9. The molecule has 0 saturated heterocycles. The number of ether oxygens (including phenoxy) is 1. The van der Waals surface area contributed by atoms with E-state index in [2.05, 4.69) is 0 Å². The molecule has 0 aliphatic rings. The van der Waals surface area contributed by atoms with Crippen molar-refractivity contribution >= 4 is 17.2 Å². The Bertz CT molecular complexity index is 502. The first-order valence-corrected chi connectivity index (χ1v) is 5.66. The molecule has 1 amide bonds. The van der Waals surface area contributed by atoms with Crippen molar-refractivity contribution in [3.63, 3.8) is 0 Å². The van der Waals surface area contributed by atoms with Crippen molar-refractivity contribution in [2.45, 2.75) is 6.92 Å². The maximum Gasteiger partial charge on any atom is 0.248 e. The van der Waals surface area contributed by atoms with Gasteiger partial charge in [0.2, 0.25) is 5.91 Å². The summed E-state index contributed by atoms with van der Waals surface area (Å²) in [6.45, 7) is 2.01. The second kappa shape index (κ2) is 4.37. The van der Waals surface area contributed by atoms with Gasteiger partial charge in [-0.15, -0.1) is 11.3 Å². The van der Waals surface area contributed by atoms with Gasteiger partial charge in [-0.3, -0.25) is 4.79 Å². The maximum absolute atomic E-state index is 10.9. The second-order valence-electron chi connectivity index (χ2n) is 3.43. The number of thiophene rings is 1. The van der Waals surface area contributed by atoms with E-state index >= 15 is 0 Å². The Morgan fingerprint density at radius 1 is 1.31 bits per heavy atom. The van der Waals surface area contributed by atoms with Crippen molar-refractivity contribution in [3.05, 3.63) is 46.8 Å². The van der Waals surface area contributed by atoms with E-state index in [1.54, 1.807) is 35.6 Å². The molecular weight excluding hydrogens is 222 g/mol. The summed E-state index contributed by atoms with van der Waals surface area (Å²) in [6.07, 6.45) is 0. The molecule has 0 radical (unpaired) electrons. The number of benzene rings is 1. The molecule has 0 aliphatic heterocycles. The molecule has 2 aromatic rings. The highest BCUT2D eigenvalue weighted by molar-refractivity contribution is 7.12. The smallest absolute Gasteiger partial charge is 0.248 e. The highest BCUT2D eigenvalue weighted by Gasteiger charge is 2.02. The summed E-state index contributed by atoms with van der Waals surface area (Å²) in [5, 5.41) is 2.86. The Morgan fingerprint density at radius 2 is 2.00 bits per heavy atom.